The summed E-state index contributed by atoms with van der Waals surface area (Å²) in [6.45, 7) is 6.17. The number of hydrogen-bond donors (Lipinski definition) is 0. The highest BCUT2D eigenvalue weighted by Crippen LogP contribution is 2.45. The van der Waals surface area contributed by atoms with Gasteiger partial charge in [-0.1, -0.05) is 267 Å². The average Bonchev–Trinajstić information content (AvgIpc) is 1.46. The fourth-order valence-corrected chi connectivity index (χ4v) is 14.7. The third-order valence-corrected chi connectivity index (χ3v) is 19.1. The van der Waals surface area contributed by atoms with Crippen LogP contribution >= 0.6 is 0 Å². The Labute approximate surface area is 537 Å². The van der Waals surface area contributed by atoms with Crippen molar-refractivity contribution in [2.24, 2.45) is 0 Å². The standard InChI is InChI=1S/C88H57N5/c1-3-4-32-67-55(2)68-43-39-62(51-79(68)71-35-16-14-33-69(67)71)60-28-20-26-58(49-60)59-27-21-29-61(50-59)63-41-45-74-80(52-63)72-36-17-15-34-70(72)73-44-40-64(53-81(73)74)65-42-46-76-78-48-47-77-75-37-18-19-38-82(75)93(85(77)84(78)92(83(76)54-65)66-30-12-7-13-31-66)88-90-86(56-22-8-5-9-23-56)89-87(91-88)57-24-10-6-11-25-57/h3-54H,1H2,2H3/b32-4-. The van der Waals surface area contributed by atoms with Crippen LogP contribution in [0.25, 0.3) is 182 Å². The van der Waals surface area contributed by atoms with Crippen LogP contribution in [0.15, 0.2) is 316 Å². The molecule has 0 bridgehead atoms. The van der Waals surface area contributed by atoms with Gasteiger partial charge in [0.2, 0.25) is 5.95 Å². The SMILES string of the molecule is C=C/C=C\c1c(C)c2ccc(-c3cccc(-c4cccc(-c5ccc6c(c5)c5ccccc5c5ccc(-c7ccc8c9ccc%10c%11ccccc%11n(-c%11nc(-c%12ccccc%12)nc(-c%12ccccc%12)n%11)c%10c9n(-c9ccccc9)c8c7)cc56)c4)c3)cc2c2ccccc12. The highest BCUT2D eigenvalue weighted by molar-refractivity contribution is 6.27. The molecule has 0 unspecified atom stereocenters. The summed E-state index contributed by atoms with van der Waals surface area (Å²) in [7, 11) is 0. The summed E-state index contributed by atoms with van der Waals surface area (Å²) in [4.78, 5) is 15.8. The van der Waals surface area contributed by atoms with Crippen LogP contribution in [0, 0.1) is 6.92 Å². The molecule has 3 aromatic heterocycles. The van der Waals surface area contributed by atoms with Crippen molar-refractivity contribution in [1.82, 2.24) is 24.1 Å². The Balaban J connectivity index is 0.763. The first-order valence-electron chi connectivity index (χ1n) is 31.8. The van der Waals surface area contributed by atoms with E-state index in [9.17, 15) is 0 Å². The number of hydrogen-bond acceptors (Lipinski definition) is 3. The Morgan fingerprint density at radius 2 is 0.656 bits per heavy atom. The van der Waals surface area contributed by atoms with Gasteiger partial charge in [-0.25, -0.2) is 4.98 Å². The number of aromatic nitrogens is 5. The fourth-order valence-electron chi connectivity index (χ4n) is 14.7. The van der Waals surface area contributed by atoms with Crippen molar-refractivity contribution in [3.05, 3.63) is 327 Å². The number of rotatable bonds is 10. The molecule has 3 heterocycles. The highest BCUT2D eigenvalue weighted by atomic mass is 15.2. The lowest BCUT2D eigenvalue weighted by molar-refractivity contribution is 0.953. The first-order valence-corrected chi connectivity index (χ1v) is 31.8. The maximum absolute atomic E-state index is 5.35. The van der Waals surface area contributed by atoms with Gasteiger partial charge >= 0.3 is 0 Å². The zero-order valence-corrected chi connectivity index (χ0v) is 51.0. The number of fused-ring (bicyclic) bond motifs is 16. The molecule has 0 spiro atoms. The number of allylic oxidation sites excluding steroid dienone is 2. The molecule has 0 atom stereocenters. The summed E-state index contributed by atoms with van der Waals surface area (Å²) in [6, 6.07) is 108. The van der Waals surface area contributed by atoms with Crippen molar-refractivity contribution in [3.63, 3.8) is 0 Å². The van der Waals surface area contributed by atoms with E-state index in [1.807, 2.05) is 48.6 Å². The Kier molecular flexibility index (Phi) is 12.5. The summed E-state index contributed by atoms with van der Waals surface area (Å²) < 4.78 is 4.72. The summed E-state index contributed by atoms with van der Waals surface area (Å²) >= 11 is 0. The average molecular weight is 1180 g/mol. The minimum atomic E-state index is 0.555. The van der Waals surface area contributed by atoms with Crippen molar-refractivity contribution < 1.29 is 0 Å². The van der Waals surface area contributed by atoms with E-state index in [0.717, 1.165) is 71.6 Å². The van der Waals surface area contributed by atoms with Crippen LogP contribution in [-0.4, -0.2) is 24.1 Å². The van der Waals surface area contributed by atoms with Crippen molar-refractivity contribution in [3.8, 4) is 78.9 Å². The van der Waals surface area contributed by atoms with Crippen LogP contribution in [-0.2, 0) is 0 Å². The lowest BCUT2D eigenvalue weighted by Gasteiger charge is -2.15. The normalized spacial score (nSPS) is 11.9. The third-order valence-electron chi connectivity index (χ3n) is 19.1. The number of para-hydroxylation sites is 2. The van der Waals surface area contributed by atoms with E-state index in [1.165, 1.54) is 98.4 Å². The van der Waals surface area contributed by atoms with Gasteiger partial charge in [0, 0.05) is 38.4 Å². The first kappa shape index (κ1) is 53.7. The molecule has 5 nitrogen and oxygen atoms in total. The molecule has 18 rings (SSSR count). The van der Waals surface area contributed by atoms with Crippen molar-refractivity contribution in [2.45, 2.75) is 6.92 Å². The molecule has 0 aliphatic rings. The summed E-state index contributed by atoms with van der Waals surface area (Å²) in [6.07, 6.45) is 6.06. The zero-order valence-electron chi connectivity index (χ0n) is 51.0. The predicted molar refractivity (Wildman–Crippen MR) is 393 cm³/mol. The van der Waals surface area contributed by atoms with E-state index >= 15 is 0 Å². The van der Waals surface area contributed by atoms with Gasteiger partial charge in [0.1, 0.15) is 0 Å². The van der Waals surface area contributed by atoms with Gasteiger partial charge < -0.3 is 4.57 Å². The van der Waals surface area contributed by atoms with Crippen LogP contribution in [0.3, 0.4) is 0 Å². The van der Waals surface area contributed by atoms with Crippen LogP contribution in [0.4, 0.5) is 0 Å². The highest BCUT2D eigenvalue weighted by Gasteiger charge is 2.25. The van der Waals surface area contributed by atoms with Gasteiger partial charge in [-0.15, -0.1) is 0 Å². The molecular formula is C88H57N5. The lowest BCUT2D eigenvalue weighted by atomic mass is 9.89. The predicted octanol–water partition coefficient (Wildman–Crippen LogP) is 23.3. The monoisotopic (exact) mass is 1180 g/mol. The summed E-state index contributed by atoms with van der Waals surface area (Å²) in [5, 5.41) is 16.9. The van der Waals surface area contributed by atoms with Gasteiger partial charge in [0.15, 0.2) is 11.6 Å². The van der Waals surface area contributed by atoms with E-state index in [0.29, 0.717) is 17.6 Å². The van der Waals surface area contributed by atoms with E-state index in [1.54, 1.807) is 0 Å². The molecular weight excluding hydrogens is 1130 g/mol. The molecule has 0 aliphatic carbocycles. The second-order valence-corrected chi connectivity index (χ2v) is 24.3. The first-order chi connectivity index (χ1) is 46.0. The second-order valence-electron chi connectivity index (χ2n) is 24.3. The Morgan fingerprint density at radius 1 is 0.280 bits per heavy atom. The van der Waals surface area contributed by atoms with Gasteiger partial charge in [0.25, 0.3) is 0 Å². The van der Waals surface area contributed by atoms with Crippen LogP contribution < -0.4 is 0 Å². The maximum atomic E-state index is 5.35. The van der Waals surface area contributed by atoms with Crippen molar-refractivity contribution >= 4 is 104 Å². The van der Waals surface area contributed by atoms with E-state index < -0.39 is 0 Å². The summed E-state index contributed by atoms with van der Waals surface area (Å²) in [5.74, 6) is 1.78. The lowest BCUT2D eigenvalue weighted by Crippen LogP contribution is -2.07. The molecule has 0 saturated heterocycles. The number of aryl methyl sites for hydroxylation is 1. The van der Waals surface area contributed by atoms with E-state index in [4.69, 9.17) is 15.0 Å². The van der Waals surface area contributed by atoms with Crippen LogP contribution in [0.5, 0.6) is 0 Å². The molecule has 15 aromatic carbocycles. The molecule has 0 amide bonds. The molecule has 18 aromatic rings. The van der Waals surface area contributed by atoms with Gasteiger partial charge in [-0.05, 0) is 171 Å². The Morgan fingerprint density at radius 3 is 1.22 bits per heavy atom. The third kappa shape index (κ3) is 8.81. The van der Waals surface area contributed by atoms with E-state index in [-0.39, 0.29) is 0 Å². The second kappa shape index (κ2) is 21.7. The number of nitrogens with zero attached hydrogens (tertiary/aromatic N) is 5. The quantitative estimate of drug-likeness (QED) is 0.101. The Bertz CT molecular complexity index is 6080. The molecule has 0 radical (unpaired) electrons. The molecule has 0 aliphatic heterocycles. The summed E-state index contributed by atoms with van der Waals surface area (Å²) in [5.41, 5.74) is 19.0. The molecule has 434 valence electrons. The van der Waals surface area contributed by atoms with Gasteiger partial charge in [-0.2, -0.15) is 9.97 Å². The largest absolute Gasteiger partial charge is 0.307 e. The van der Waals surface area contributed by atoms with Crippen molar-refractivity contribution in [2.75, 3.05) is 0 Å². The van der Waals surface area contributed by atoms with Crippen LogP contribution in [0.2, 0.25) is 0 Å². The van der Waals surface area contributed by atoms with Gasteiger partial charge in [0.05, 0.1) is 22.1 Å². The minimum Gasteiger partial charge on any atom is -0.307 e. The topological polar surface area (TPSA) is 48.5 Å². The van der Waals surface area contributed by atoms with Crippen LogP contribution in [0.1, 0.15) is 11.1 Å². The zero-order chi connectivity index (χ0) is 61.7. The molecule has 0 fully saturated rings. The smallest absolute Gasteiger partial charge is 0.238 e. The Hall–Kier alpha value is -12.3. The molecule has 0 saturated carbocycles. The van der Waals surface area contributed by atoms with E-state index in [2.05, 4.69) is 290 Å². The van der Waals surface area contributed by atoms with Gasteiger partial charge in [-0.3, -0.25) is 4.57 Å². The molecule has 0 N–H and O–H groups in total. The molecule has 93 heavy (non-hydrogen) atoms. The fraction of sp³-hybridized carbons (Fsp3) is 0.0114. The number of benzene rings is 15. The minimum absolute atomic E-state index is 0.555. The maximum Gasteiger partial charge on any atom is 0.238 e. The van der Waals surface area contributed by atoms with Crippen molar-refractivity contribution in [1.29, 1.82) is 0 Å². The molecule has 5 heteroatoms.